The summed E-state index contributed by atoms with van der Waals surface area (Å²) in [4.78, 5) is 18.7. The number of rotatable bonds is 3. The predicted octanol–water partition coefficient (Wildman–Crippen LogP) is 1.87. The zero-order chi connectivity index (χ0) is 12.4. The average molecular weight is 246 g/mol. The van der Waals surface area contributed by atoms with E-state index in [-0.39, 0.29) is 5.91 Å². The van der Waals surface area contributed by atoms with Crippen LogP contribution in [0.3, 0.4) is 0 Å². The van der Waals surface area contributed by atoms with Gasteiger partial charge in [0.25, 0.3) is 5.91 Å². The molecule has 1 amide bonds. The van der Waals surface area contributed by atoms with E-state index < -0.39 is 0 Å². The van der Waals surface area contributed by atoms with Gasteiger partial charge in [0.1, 0.15) is 0 Å². The molecule has 0 N–H and O–H groups in total. The summed E-state index contributed by atoms with van der Waals surface area (Å²) in [6.07, 6.45) is 7.57. The van der Waals surface area contributed by atoms with Crippen molar-refractivity contribution in [2.24, 2.45) is 0 Å². The molecule has 2 fully saturated rings. The molecular formula is C14H18N2O2. The van der Waals surface area contributed by atoms with E-state index >= 15 is 0 Å². The van der Waals surface area contributed by atoms with Gasteiger partial charge in [0.15, 0.2) is 0 Å². The maximum absolute atomic E-state index is 12.6. The topological polar surface area (TPSA) is 42.4 Å². The highest BCUT2D eigenvalue weighted by atomic mass is 16.5. The normalized spacial score (nSPS) is 20.7. The highest BCUT2D eigenvalue weighted by molar-refractivity contribution is 5.94. The van der Waals surface area contributed by atoms with Crippen molar-refractivity contribution in [3.63, 3.8) is 0 Å². The van der Waals surface area contributed by atoms with E-state index in [2.05, 4.69) is 9.88 Å². The summed E-state index contributed by atoms with van der Waals surface area (Å²) in [5.41, 5.74) is 0.705. The van der Waals surface area contributed by atoms with Crippen LogP contribution in [0.25, 0.3) is 0 Å². The summed E-state index contributed by atoms with van der Waals surface area (Å²) >= 11 is 0. The first-order chi connectivity index (χ1) is 8.86. The van der Waals surface area contributed by atoms with Crippen molar-refractivity contribution in [2.75, 3.05) is 13.2 Å². The van der Waals surface area contributed by atoms with Gasteiger partial charge in [0.2, 0.25) is 0 Å². The molecule has 3 rings (SSSR count). The number of hydrogen-bond acceptors (Lipinski definition) is 3. The molecule has 0 spiro atoms. The van der Waals surface area contributed by atoms with Crippen LogP contribution in [0.5, 0.6) is 0 Å². The SMILES string of the molecule is O=C(c1cccnc1)N(C1CCOCC1)C1CC1. The predicted molar refractivity (Wildman–Crippen MR) is 67.3 cm³/mol. The number of hydrogen-bond donors (Lipinski definition) is 0. The molecule has 0 radical (unpaired) electrons. The Labute approximate surface area is 107 Å². The Kier molecular flexibility index (Phi) is 3.28. The van der Waals surface area contributed by atoms with Gasteiger partial charge in [0, 0.05) is 37.7 Å². The van der Waals surface area contributed by atoms with Crippen molar-refractivity contribution in [3.05, 3.63) is 30.1 Å². The van der Waals surface area contributed by atoms with E-state index in [1.807, 2.05) is 12.1 Å². The molecule has 4 heteroatoms. The van der Waals surface area contributed by atoms with Crippen LogP contribution in [0.4, 0.5) is 0 Å². The monoisotopic (exact) mass is 246 g/mol. The second kappa shape index (κ2) is 5.06. The third-order valence-electron chi connectivity index (χ3n) is 3.67. The minimum Gasteiger partial charge on any atom is -0.381 e. The van der Waals surface area contributed by atoms with Crippen LogP contribution in [-0.4, -0.2) is 41.1 Å². The lowest BCUT2D eigenvalue weighted by atomic mass is 10.1. The number of pyridine rings is 1. The minimum atomic E-state index is 0.137. The number of nitrogens with zero attached hydrogens (tertiary/aromatic N) is 2. The molecule has 18 heavy (non-hydrogen) atoms. The Morgan fingerprint density at radius 2 is 1.94 bits per heavy atom. The fraction of sp³-hybridized carbons (Fsp3) is 0.571. The lowest BCUT2D eigenvalue weighted by Gasteiger charge is -2.34. The Bertz CT molecular complexity index is 411. The van der Waals surface area contributed by atoms with E-state index in [1.165, 1.54) is 0 Å². The second-order valence-electron chi connectivity index (χ2n) is 5.03. The van der Waals surface area contributed by atoms with Gasteiger partial charge in [-0.2, -0.15) is 0 Å². The first-order valence-corrected chi connectivity index (χ1v) is 6.66. The number of carbonyl (C=O) groups is 1. The number of ether oxygens (including phenoxy) is 1. The molecule has 1 aromatic rings. The van der Waals surface area contributed by atoms with Crippen LogP contribution in [0.2, 0.25) is 0 Å². The molecule has 1 aliphatic carbocycles. The van der Waals surface area contributed by atoms with Crippen molar-refractivity contribution >= 4 is 5.91 Å². The lowest BCUT2D eigenvalue weighted by molar-refractivity contribution is 0.0267. The summed E-state index contributed by atoms with van der Waals surface area (Å²) in [7, 11) is 0. The third kappa shape index (κ3) is 2.38. The van der Waals surface area contributed by atoms with Gasteiger partial charge < -0.3 is 9.64 Å². The first kappa shape index (κ1) is 11.7. The van der Waals surface area contributed by atoms with Crippen molar-refractivity contribution < 1.29 is 9.53 Å². The molecular weight excluding hydrogens is 228 g/mol. The van der Waals surface area contributed by atoms with E-state index in [1.54, 1.807) is 12.4 Å². The van der Waals surface area contributed by atoms with Crippen LogP contribution in [0.1, 0.15) is 36.0 Å². The molecule has 2 aliphatic rings. The van der Waals surface area contributed by atoms with Gasteiger partial charge in [-0.1, -0.05) is 0 Å². The van der Waals surface area contributed by atoms with E-state index in [9.17, 15) is 4.79 Å². The van der Waals surface area contributed by atoms with Gasteiger partial charge in [-0.3, -0.25) is 9.78 Å². The minimum absolute atomic E-state index is 0.137. The van der Waals surface area contributed by atoms with Crippen LogP contribution >= 0.6 is 0 Å². The second-order valence-corrected chi connectivity index (χ2v) is 5.03. The molecule has 96 valence electrons. The zero-order valence-corrected chi connectivity index (χ0v) is 10.4. The maximum Gasteiger partial charge on any atom is 0.255 e. The molecule has 2 heterocycles. The van der Waals surface area contributed by atoms with E-state index in [0.29, 0.717) is 17.6 Å². The molecule has 4 nitrogen and oxygen atoms in total. The molecule has 1 aromatic heterocycles. The first-order valence-electron chi connectivity index (χ1n) is 6.66. The van der Waals surface area contributed by atoms with Gasteiger partial charge in [-0.05, 0) is 37.8 Å². The number of amides is 1. The van der Waals surface area contributed by atoms with Crippen molar-refractivity contribution in [2.45, 2.75) is 37.8 Å². The molecule has 0 aromatic carbocycles. The fourth-order valence-electron chi connectivity index (χ4n) is 2.58. The highest BCUT2D eigenvalue weighted by Crippen LogP contribution is 2.32. The molecule has 1 saturated heterocycles. The number of carbonyl (C=O) groups excluding carboxylic acids is 1. The third-order valence-corrected chi connectivity index (χ3v) is 3.67. The van der Waals surface area contributed by atoms with Crippen LogP contribution in [0.15, 0.2) is 24.5 Å². The largest absolute Gasteiger partial charge is 0.381 e. The molecule has 1 aliphatic heterocycles. The van der Waals surface area contributed by atoms with E-state index in [0.717, 1.165) is 38.9 Å². The Balaban J connectivity index is 1.79. The van der Waals surface area contributed by atoms with Gasteiger partial charge in [-0.25, -0.2) is 0 Å². The quantitative estimate of drug-likeness (QED) is 0.817. The fourth-order valence-corrected chi connectivity index (χ4v) is 2.58. The summed E-state index contributed by atoms with van der Waals surface area (Å²) < 4.78 is 5.39. The summed E-state index contributed by atoms with van der Waals surface area (Å²) in [6, 6.07) is 4.46. The van der Waals surface area contributed by atoms with Crippen LogP contribution in [-0.2, 0) is 4.74 Å². The summed E-state index contributed by atoms with van der Waals surface area (Å²) in [6.45, 7) is 1.54. The van der Waals surface area contributed by atoms with Gasteiger partial charge >= 0.3 is 0 Å². The van der Waals surface area contributed by atoms with Crippen LogP contribution < -0.4 is 0 Å². The lowest BCUT2D eigenvalue weighted by Crippen LogP contribution is -2.44. The molecule has 0 unspecified atom stereocenters. The Morgan fingerprint density at radius 3 is 2.56 bits per heavy atom. The molecule has 0 bridgehead atoms. The smallest absolute Gasteiger partial charge is 0.255 e. The van der Waals surface area contributed by atoms with Crippen LogP contribution in [0, 0.1) is 0 Å². The standard InChI is InChI=1S/C14H18N2O2/c17-14(11-2-1-7-15-10-11)16(12-3-4-12)13-5-8-18-9-6-13/h1-2,7,10,12-13H,3-6,8-9H2. The average Bonchev–Trinajstić information content (AvgIpc) is 3.26. The summed E-state index contributed by atoms with van der Waals surface area (Å²) in [5, 5.41) is 0. The Hall–Kier alpha value is -1.42. The zero-order valence-electron chi connectivity index (χ0n) is 10.4. The molecule has 1 saturated carbocycles. The number of aromatic nitrogens is 1. The molecule has 0 atom stereocenters. The summed E-state index contributed by atoms with van der Waals surface area (Å²) in [5.74, 6) is 0.137. The Morgan fingerprint density at radius 1 is 1.22 bits per heavy atom. The van der Waals surface area contributed by atoms with Gasteiger partial charge in [-0.15, -0.1) is 0 Å². The highest BCUT2D eigenvalue weighted by Gasteiger charge is 2.38. The maximum atomic E-state index is 12.6. The van der Waals surface area contributed by atoms with Crippen molar-refractivity contribution in [3.8, 4) is 0 Å². The van der Waals surface area contributed by atoms with Crippen molar-refractivity contribution in [1.82, 2.24) is 9.88 Å². The van der Waals surface area contributed by atoms with Crippen molar-refractivity contribution in [1.29, 1.82) is 0 Å². The van der Waals surface area contributed by atoms with Gasteiger partial charge in [0.05, 0.1) is 5.56 Å². The van der Waals surface area contributed by atoms with E-state index in [4.69, 9.17) is 4.74 Å².